The summed E-state index contributed by atoms with van der Waals surface area (Å²) in [6, 6.07) is 4.53. The lowest BCUT2D eigenvalue weighted by Crippen LogP contribution is -2.57. The van der Waals surface area contributed by atoms with Gasteiger partial charge in [0.2, 0.25) is 17.7 Å². The van der Waals surface area contributed by atoms with Gasteiger partial charge in [-0.1, -0.05) is 30.3 Å². The first kappa shape index (κ1) is 28.8. The van der Waals surface area contributed by atoms with Crippen molar-refractivity contribution in [2.24, 2.45) is 22.2 Å². The van der Waals surface area contributed by atoms with E-state index >= 15 is 0 Å². The number of carboxylic acid groups (broad SMARTS) is 2. The molecule has 0 aliphatic rings. The summed E-state index contributed by atoms with van der Waals surface area (Å²) in [7, 11) is 0. The molecule has 1 aromatic rings. The summed E-state index contributed by atoms with van der Waals surface area (Å²) in [6.45, 7) is -0.267. The molecule has 3 amide bonds. The molecule has 14 nitrogen and oxygen atoms in total. The van der Waals surface area contributed by atoms with Crippen LogP contribution in [-0.4, -0.2) is 77.0 Å². The highest BCUT2D eigenvalue weighted by molar-refractivity contribution is 5.95. The summed E-state index contributed by atoms with van der Waals surface area (Å²) < 4.78 is 0. The van der Waals surface area contributed by atoms with E-state index < -0.39 is 60.8 Å². The van der Waals surface area contributed by atoms with E-state index in [0.29, 0.717) is 5.56 Å². The fourth-order valence-electron chi connectivity index (χ4n) is 3.00. The maximum Gasteiger partial charge on any atom is 0.326 e. The Morgan fingerprint density at radius 2 is 1.49 bits per heavy atom. The van der Waals surface area contributed by atoms with E-state index in [-0.39, 0.29) is 31.8 Å². The minimum absolute atomic E-state index is 0.0440. The lowest BCUT2D eigenvalue weighted by atomic mass is 10.0. The lowest BCUT2D eigenvalue weighted by Gasteiger charge is -2.24. The Hall–Kier alpha value is -4.20. The quantitative estimate of drug-likeness (QED) is 0.0710. The number of nitrogens with two attached hydrogens (primary N) is 3. The molecular weight excluding hydrogens is 462 g/mol. The maximum absolute atomic E-state index is 12.9. The van der Waals surface area contributed by atoms with E-state index in [4.69, 9.17) is 17.2 Å². The highest BCUT2D eigenvalue weighted by atomic mass is 16.4. The third-order valence-electron chi connectivity index (χ3n) is 4.69. The van der Waals surface area contributed by atoms with Crippen molar-refractivity contribution in [3.63, 3.8) is 0 Å². The monoisotopic (exact) mass is 493 g/mol. The first-order chi connectivity index (χ1) is 16.5. The summed E-state index contributed by atoms with van der Waals surface area (Å²) in [5.74, 6) is -5.42. The van der Waals surface area contributed by atoms with Gasteiger partial charge < -0.3 is 43.4 Å². The summed E-state index contributed by atoms with van der Waals surface area (Å²) in [5.41, 5.74) is 16.4. The maximum atomic E-state index is 12.9. The molecule has 0 bridgehead atoms. The van der Waals surface area contributed by atoms with Gasteiger partial charge in [0.05, 0.1) is 13.0 Å². The van der Waals surface area contributed by atoms with E-state index in [9.17, 15) is 34.2 Å². The van der Waals surface area contributed by atoms with Crippen molar-refractivity contribution >= 4 is 35.6 Å². The van der Waals surface area contributed by atoms with Crippen LogP contribution in [0.4, 0.5) is 0 Å². The normalized spacial score (nSPS) is 12.9. The molecule has 14 heteroatoms. The smallest absolute Gasteiger partial charge is 0.326 e. The van der Waals surface area contributed by atoms with Crippen molar-refractivity contribution in [1.82, 2.24) is 16.0 Å². The Bertz CT molecular complexity index is 920. The molecule has 192 valence electrons. The van der Waals surface area contributed by atoms with Crippen LogP contribution in [-0.2, 0) is 30.4 Å². The minimum atomic E-state index is -1.60. The van der Waals surface area contributed by atoms with Crippen LogP contribution < -0.4 is 33.2 Å². The molecule has 0 saturated heterocycles. The second-order valence-electron chi connectivity index (χ2n) is 7.52. The zero-order valence-corrected chi connectivity index (χ0v) is 19.0. The Labute approximate surface area is 201 Å². The molecule has 0 aliphatic carbocycles. The fraction of sp³-hybridized carbons (Fsp3) is 0.429. The van der Waals surface area contributed by atoms with E-state index in [1.165, 1.54) is 0 Å². The number of aliphatic carboxylic acids is 2. The van der Waals surface area contributed by atoms with Crippen LogP contribution in [0.1, 0.15) is 24.8 Å². The largest absolute Gasteiger partial charge is 0.481 e. The number of hydrogen-bond acceptors (Lipinski definition) is 7. The number of benzene rings is 1. The van der Waals surface area contributed by atoms with Crippen molar-refractivity contribution in [1.29, 1.82) is 0 Å². The standard InChI is InChI=1S/C21H31N7O7/c22-11-16(29)26-14(9-12-5-2-1-3-6-12)18(32)28-15(10-17(30)31)19(33)27-13(20(34)35)7-4-8-25-21(23)24/h1-3,5-6,13-15H,4,7-11,22H2,(H,26,29)(H,27,33)(H,28,32)(H,30,31)(H,34,35)(H4,23,24,25). The summed E-state index contributed by atoms with van der Waals surface area (Å²) in [6.07, 6.45) is -0.604. The van der Waals surface area contributed by atoms with Gasteiger partial charge in [-0.15, -0.1) is 0 Å². The molecule has 3 unspecified atom stereocenters. The number of nitrogens with zero attached hydrogens (tertiary/aromatic N) is 1. The van der Waals surface area contributed by atoms with Gasteiger partial charge >= 0.3 is 11.9 Å². The molecule has 0 spiro atoms. The number of aliphatic imine (C=N–C) groups is 1. The van der Waals surface area contributed by atoms with Gasteiger partial charge in [0.1, 0.15) is 18.1 Å². The van der Waals surface area contributed by atoms with Crippen LogP contribution >= 0.6 is 0 Å². The molecular formula is C21H31N7O7. The predicted octanol–water partition coefficient (Wildman–Crippen LogP) is -2.74. The molecule has 35 heavy (non-hydrogen) atoms. The Balaban J connectivity index is 2.96. The van der Waals surface area contributed by atoms with Gasteiger partial charge in [0.15, 0.2) is 5.96 Å². The molecule has 3 atom stereocenters. The van der Waals surface area contributed by atoms with Crippen LogP contribution in [0.15, 0.2) is 35.3 Å². The van der Waals surface area contributed by atoms with Crippen molar-refractivity contribution in [3.8, 4) is 0 Å². The Kier molecular flexibility index (Phi) is 12.2. The lowest BCUT2D eigenvalue weighted by molar-refractivity contribution is -0.143. The number of hydrogen-bond donors (Lipinski definition) is 8. The van der Waals surface area contributed by atoms with E-state index in [1.807, 2.05) is 0 Å². The zero-order valence-electron chi connectivity index (χ0n) is 19.0. The minimum Gasteiger partial charge on any atom is -0.481 e. The highest BCUT2D eigenvalue weighted by Crippen LogP contribution is 2.06. The van der Waals surface area contributed by atoms with Crippen molar-refractivity contribution in [2.75, 3.05) is 13.1 Å². The number of rotatable bonds is 15. The number of carbonyl (C=O) groups excluding carboxylic acids is 3. The van der Waals surface area contributed by atoms with Gasteiger partial charge in [-0.05, 0) is 18.4 Å². The first-order valence-electron chi connectivity index (χ1n) is 10.7. The number of carbonyl (C=O) groups is 5. The molecule has 11 N–H and O–H groups in total. The van der Waals surface area contributed by atoms with Crippen LogP contribution in [0.25, 0.3) is 0 Å². The fourth-order valence-corrected chi connectivity index (χ4v) is 3.00. The third-order valence-corrected chi connectivity index (χ3v) is 4.69. The Morgan fingerprint density at radius 1 is 0.886 bits per heavy atom. The van der Waals surface area contributed by atoms with E-state index in [1.54, 1.807) is 30.3 Å². The molecule has 0 radical (unpaired) electrons. The third kappa shape index (κ3) is 11.5. The molecule has 1 aromatic carbocycles. The second-order valence-corrected chi connectivity index (χ2v) is 7.52. The highest BCUT2D eigenvalue weighted by Gasteiger charge is 2.31. The SMILES string of the molecule is NCC(=O)NC(Cc1ccccc1)C(=O)NC(CC(=O)O)C(=O)NC(CCCN=C(N)N)C(=O)O. The number of carboxylic acids is 2. The molecule has 0 heterocycles. The van der Waals surface area contributed by atoms with Crippen LogP contribution in [0.3, 0.4) is 0 Å². The molecule has 0 fully saturated rings. The predicted molar refractivity (Wildman–Crippen MR) is 125 cm³/mol. The topological polar surface area (TPSA) is 252 Å². The van der Waals surface area contributed by atoms with E-state index in [2.05, 4.69) is 20.9 Å². The molecule has 0 aromatic heterocycles. The van der Waals surface area contributed by atoms with Crippen molar-refractivity contribution in [3.05, 3.63) is 35.9 Å². The van der Waals surface area contributed by atoms with Gasteiger partial charge in [-0.3, -0.25) is 24.2 Å². The zero-order chi connectivity index (χ0) is 26.4. The van der Waals surface area contributed by atoms with Gasteiger partial charge in [0.25, 0.3) is 0 Å². The average molecular weight is 494 g/mol. The average Bonchev–Trinajstić information content (AvgIpc) is 2.79. The van der Waals surface area contributed by atoms with Gasteiger partial charge in [-0.2, -0.15) is 0 Å². The summed E-state index contributed by atoms with van der Waals surface area (Å²) in [4.78, 5) is 64.0. The number of nitrogens with one attached hydrogen (secondary N) is 3. The van der Waals surface area contributed by atoms with Gasteiger partial charge in [0, 0.05) is 13.0 Å². The number of guanidine groups is 1. The molecule has 0 saturated carbocycles. The summed E-state index contributed by atoms with van der Waals surface area (Å²) in [5, 5.41) is 25.5. The molecule has 0 aliphatic heterocycles. The first-order valence-corrected chi connectivity index (χ1v) is 10.7. The molecule has 1 rings (SSSR count). The summed E-state index contributed by atoms with van der Waals surface area (Å²) >= 11 is 0. The van der Waals surface area contributed by atoms with Crippen LogP contribution in [0.5, 0.6) is 0 Å². The second kappa shape index (κ2) is 14.8. The van der Waals surface area contributed by atoms with E-state index in [0.717, 1.165) is 0 Å². The Morgan fingerprint density at radius 3 is 2.03 bits per heavy atom. The van der Waals surface area contributed by atoms with Crippen molar-refractivity contribution in [2.45, 2.75) is 43.8 Å². The van der Waals surface area contributed by atoms with Crippen molar-refractivity contribution < 1.29 is 34.2 Å². The number of amides is 3. The van der Waals surface area contributed by atoms with Crippen LogP contribution in [0, 0.1) is 0 Å². The van der Waals surface area contributed by atoms with Gasteiger partial charge in [-0.25, -0.2) is 4.79 Å². The van der Waals surface area contributed by atoms with Crippen LogP contribution in [0.2, 0.25) is 0 Å².